The normalized spacial score (nSPS) is 13.0. The molecular weight excluding hydrogens is 225 g/mol. The molecular formula is C8H9BrFNO. The van der Waals surface area contributed by atoms with Crippen molar-refractivity contribution >= 4 is 15.9 Å². The number of nitrogens with two attached hydrogens (primary N) is 1. The van der Waals surface area contributed by atoms with E-state index in [1.165, 1.54) is 12.1 Å². The van der Waals surface area contributed by atoms with E-state index in [1.54, 1.807) is 6.07 Å². The van der Waals surface area contributed by atoms with E-state index in [-0.39, 0.29) is 12.4 Å². The molecule has 1 atom stereocenters. The van der Waals surface area contributed by atoms with Crippen molar-refractivity contribution < 1.29 is 9.50 Å². The summed E-state index contributed by atoms with van der Waals surface area (Å²) in [4.78, 5) is 0. The van der Waals surface area contributed by atoms with Crippen molar-refractivity contribution in [3.05, 3.63) is 34.1 Å². The highest BCUT2D eigenvalue weighted by Crippen LogP contribution is 2.23. The van der Waals surface area contributed by atoms with Gasteiger partial charge in [-0.2, -0.15) is 0 Å². The van der Waals surface area contributed by atoms with E-state index in [0.29, 0.717) is 10.0 Å². The Balaban J connectivity index is 3.04. The van der Waals surface area contributed by atoms with Gasteiger partial charge in [-0.15, -0.1) is 0 Å². The van der Waals surface area contributed by atoms with Gasteiger partial charge in [-0.05, 0) is 23.8 Å². The van der Waals surface area contributed by atoms with Crippen molar-refractivity contribution in [3.8, 4) is 0 Å². The summed E-state index contributed by atoms with van der Waals surface area (Å²) in [5.74, 6) is -0.374. The molecule has 0 saturated carbocycles. The highest BCUT2D eigenvalue weighted by atomic mass is 79.9. The van der Waals surface area contributed by atoms with Crippen LogP contribution in [0.25, 0.3) is 0 Å². The third-order valence-corrected chi connectivity index (χ3v) is 2.26. The molecule has 0 bridgehead atoms. The molecule has 0 fully saturated rings. The molecule has 3 N–H and O–H groups in total. The van der Waals surface area contributed by atoms with Crippen molar-refractivity contribution in [2.45, 2.75) is 6.10 Å². The highest BCUT2D eigenvalue weighted by molar-refractivity contribution is 9.10. The van der Waals surface area contributed by atoms with Gasteiger partial charge in [0.15, 0.2) is 0 Å². The fourth-order valence-corrected chi connectivity index (χ4v) is 1.41. The minimum Gasteiger partial charge on any atom is -0.387 e. The van der Waals surface area contributed by atoms with Gasteiger partial charge in [0, 0.05) is 11.0 Å². The van der Waals surface area contributed by atoms with Crippen LogP contribution in [0, 0.1) is 5.82 Å². The third kappa shape index (κ3) is 2.03. The second-order valence-corrected chi connectivity index (χ2v) is 3.27. The van der Waals surface area contributed by atoms with Crippen LogP contribution in [0.3, 0.4) is 0 Å². The molecule has 66 valence electrons. The first-order valence-electron chi connectivity index (χ1n) is 3.48. The zero-order chi connectivity index (χ0) is 9.14. The maximum Gasteiger partial charge on any atom is 0.123 e. The molecule has 1 aromatic rings. The molecule has 0 aliphatic carbocycles. The summed E-state index contributed by atoms with van der Waals surface area (Å²) < 4.78 is 13.3. The van der Waals surface area contributed by atoms with E-state index in [2.05, 4.69) is 15.9 Å². The molecule has 1 rings (SSSR count). The Morgan fingerprint density at radius 1 is 1.58 bits per heavy atom. The van der Waals surface area contributed by atoms with Crippen molar-refractivity contribution in [2.75, 3.05) is 6.54 Å². The Morgan fingerprint density at radius 3 is 2.83 bits per heavy atom. The lowest BCUT2D eigenvalue weighted by Gasteiger charge is -2.09. The van der Waals surface area contributed by atoms with Crippen LogP contribution in [0.2, 0.25) is 0 Å². The molecule has 0 amide bonds. The van der Waals surface area contributed by atoms with Crippen LogP contribution in [-0.4, -0.2) is 11.7 Å². The largest absolute Gasteiger partial charge is 0.387 e. The first-order valence-corrected chi connectivity index (χ1v) is 4.27. The topological polar surface area (TPSA) is 46.2 Å². The van der Waals surface area contributed by atoms with Crippen LogP contribution < -0.4 is 5.73 Å². The smallest absolute Gasteiger partial charge is 0.123 e. The van der Waals surface area contributed by atoms with E-state index in [9.17, 15) is 9.50 Å². The van der Waals surface area contributed by atoms with Crippen molar-refractivity contribution in [1.82, 2.24) is 0 Å². The first-order chi connectivity index (χ1) is 5.65. The number of benzene rings is 1. The Morgan fingerprint density at radius 2 is 2.25 bits per heavy atom. The van der Waals surface area contributed by atoms with Gasteiger partial charge >= 0.3 is 0 Å². The van der Waals surface area contributed by atoms with E-state index in [4.69, 9.17) is 5.73 Å². The fraction of sp³-hybridized carbons (Fsp3) is 0.250. The maximum atomic E-state index is 12.7. The van der Waals surface area contributed by atoms with Gasteiger partial charge in [0.2, 0.25) is 0 Å². The lowest BCUT2D eigenvalue weighted by molar-refractivity contribution is 0.185. The monoisotopic (exact) mass is 233 g/mol. The second-order valence-electron chi connectivity index (χ2n) is 2.42. The molecule has 1 aromatic carbocycles. The Kier molecular flexibility index (Phi) is 3.20. The van der Waals surface area contributed by atoms with Crippen LogP contribution >= 0.6 is 15.9 Å². The molecule has 0 saturated heterocycles. The van der Waals surface area contributed by atoms with Crippen LogP contribution in [-0.2, 0) is 0 Å². The number of aliphatic hydroxyl groups is 1. The number of halogens is 2. The lowest BCUT2D eigenvalue weighted by Crippen LogP contribution is -2.12. The SMILES string of the molecule is NCC(O)c1cc(F)ccc1Br. The summed E-state index contributed by atoms with van der Waals surface area (Å²) in [5.41, 5.74) is 5.71. The van der Waals surface area contributed by atoms with Gasteiger partial charge < -0.3 is 10.8 Å². The molecule has 4 heteroatoms. The quantitative estimate of drug-likeness (QED) is 0.815. The van der Waals surface area contributed by atoms with Crippen molar-refractivity contribution in [3.63, 3.8) is 0 Å². The second kappa shape index (κ2) is 3.98. The molecule has 0 heterocycles. The standard InChI is InChI=1S/C8H9BrFNO/c9-7-2-1-5(10)3-6(7)8(12)4-11/h1-3,8,12H,4,11H2. The molecule has 0 aliphatic rings. The predicted octanol–water partition coefficient (Wildman–Crippen LogP) is 1.58. The van der Waals surface area contributed by atoms with E-state index >= 15 is 0 Å². The van der Waals surface area contributed by atoms with Gasteiger partial charge in [-0.25, -0.2) is 4.39 Å². The lowest BCUT2D eigenvalue weighted by atomic mass is 10.1. The number of hydrogen-bond donors (Lipinski definition) is 2. The summed E-state index contributed by atoms with van der Waals surface area (Å²) in [7, 11) is 0. The van der Waals surface area contributed by atoms with Gasteiger partial charge in [-0.1, -0.05) is 15.9 Å². The van der Waals surface area contributed by atoms with Gasteiger partial charge in [-0.3, -0.25) is 0 Å². The van der Waals surface area contributed by atoms with E-state index in [0.717, 1.165) is 0 Å². The van der Waals surface area contributed by atoms with Gasteiger partial charge in [0.1, 0.15) is 5.82 Å². The molecule has 2 nitrogen and oxygen atoms in total. The third-order valence-electron chi connectivity index (χ3n) is 1.54. The highest BCUT2D eigenvalue weighted by Gasteiger charge is 2.09. The molecule has 12 heavy (non-hydrogen) atoms. The van der Waals surface area contributed by atoms with E-state index in [1.807, 2.05) is 0 Å². The molecule has 0 aliphatic heterocycles. The maximum absolute atomic E-state index is 12.7. The minimum absolute atomic E-state index is 0.0854. The molecule has 0 spiro atoms. The summed E-state index contributed by atoms with van der Waals surface area (Å²) in [5, 5.41) is 9.31. The van der Waals surface area contributed by atoms with Gasteiger partial charge in [0.05, 0.1) is 6.10 Å². The summed E-state index contributed by atoms with van der Waals surface area (Å²) in [6.07, 6.45) is -0.810. The first kappa shape index (κ1) is 9.64. The zero-order valence-electron chi connectivity index (χ0n) is 6.30. The Labute approximate surface area is 78.3 Å². The number of rotatable bonds is 2. The molecule has 0 radical (unpaired) electrons. The van der Waals surface area contributed by atoms with Crippen LogP contribution in [0.4, 0.5) is 4.39 Å². The molecule has 0 aromatic heterocycles. The number of hydrogen-bond acceptors (Lipinski definition) is 2. The van der Waals surface area contributed by atoms with Crippen LogP contribution in [0.1, 0.15) is 11.7 Å². The summed E-state index contributed by atoms with van der Waals surface area (Å²) in [6.45, 7) is 0.0854. The number of aliphatic hydroxyl groups excluding tert-OH is 1. The fourth-order valence-electron chi connectivity index (χ4n) is 0.897. The van der Waals surface area contributed by atoms with Gasteiger partial charge in [0.25, 0.3) is 0 Å². The van der Waals surface area contributed by atoms with Crippen molar-refractivity contribution in [1.29, 1.82) is 0 Å². The van der Waals surface area contributed by atoms with Crippen LogP contribution in [0.15, 0.2) is 22.7 Å². The van der Waals surface area contributed by atoms with E-state index < -0.39 is 6.10 Å². The summed E-state index contributed by atoms with van der Waals surface area (Å²) in [6, 6.07) is 4.13. The minimum atomic E-state index is -0.810. The predicted molar refractivity (Wildman–Crippen MR) is 48.1 cm³/mol. The zero-order valence-corrected chi connectivity index (χ0v) is 7.88. The molecule has 1 unspecified atom stereocenters. The Bertz CT molecular complexity index is 280. The van der Waals surface area contributed by atoms with Crippen molar-refractivity contribution in [2.24, 2.45) is 5.73 Å². The summed E-state index contributed by atoms with van der Waals surface area (Å²) >= 11 is 3.19. The van der Waals surface area contributed by atoms with Crippen LogP contribution in [0.5, 0.6) is 0 Å². The Hall–Kier alpha value is -0.450. The average Bonchev–Trinajstić information content (AvgIpc) is 2.08. The average molecular weight is 234 g/mol.